The van der Waals surface area contributed by atoms with Crippen LogP contribution in [0.2, 0.25) is 0 Å². The number of aliphatic carboxylic acids is 1. The fourth-order valence-electron chi connectivity index (χ4n) is 0.947. The van der Waals surface area contributed by atoms with Crippen LogP contribution >= 0.6 is 0 Å². The molecule has 0 aromatic carbocycles. The van der Waals surface area contributed by atoms with E-state index in [4.69, 9.17) is 5.11 Å². The normalized spacial score (nSPS) is 10.2. The molecule has 0 aliphatic rings. The molecule has 1 amide bonds. The molecule has 6 heteroatoms. The molecule has 0 bridgehead atoms. The minimum Gasteiger partial charge on any atom is -0.481 e. The third-order valence-electron chi connectivity index (χ3n) is 1.75. The Labute approximate surface area is 94.8 Å². The van der Waals surface area contributed by atoms with Crippen LogP contribution in [0, 0.1) is 5.92 Å². The highest BCUT2D eigenvalue weighted by molar-refractivity contribution is 5.69. The van der Waals surface area contributed by atoms with Crippen molar-refractivity contribution in [3.8, 4) is 0 Å². The standard InChI is InChI=1S/C10H19NO5/c1-8(2)4-3-7-15-16-10(14)11-6-5-9(12)13/h8H,3-7H2,1-2H3,(H,11,14)(H,12,13). The predicted octanol–water partition coefficient (Wildman–Crippen LogP) is 1.56. The molecule has 0 saturated heterocycles. The van der Waals surface area contributed by atoms with Gasteiger partial charge in [0.15, 0.2) is 0 Å². The SMILES string of the molecule is CC(C)CCCOOC(=O)NCCC(=O)O. The third-order valence-corrected chi connectivity index (χ3v) is 1.75. The number of amides is 1. The van der Waals surface area contributed by atoms with Crippen molar-refractivity contribution in [2.45, 2.75) is 33.1 Å². The van der Waals surface area contributed by atoms with Gasteiger partial charge in [-0.25, -0.2) is 4.79 Å². The Morgan fingerprint density at radius 2 is 2.06 bits per heavy atom. The topological polar surface area (TPSA) is 84.9 Å². The number of carbonyl (C=O) groups excluding carboxylic acids is 1. The Morgan fingerprint density at radius 1 is 1.38 bits per heavy atom. The van der Waals surface area contributed by atoms with Crippen LogP contribution in [0.25, 0.3) is 0 Å². The van der Waals surface area contributed by atoms with E-state index < -0.39 is 12.1 Å². The average molecular weight is 233 g/mol. The molecule has 0 heterocycles. The minimum absolute atomic E-state index is 0.0313. The van der Waals surface area contributed by atoms with Crippen molar-refractivity contribution in [1.29, 1.82) is 0 Å². The van der Waals surface area contributed by atoms with Crippen LogP contribution in [-0.2, 0) is 14.6 Å². The lowest BCUT2D eigenvalue weighted by atomic mass is 10.1. The van der Waals surface area contributed by atoms with Crippen LogP contribution in [0.15, 0.2) is 0 Å². The lowest BCUT2D eigenvalue weighted by Gasteiger charge is -2.05. The van der Waals surface area contributed by atoms with Gasteiger partial charge in [0.1, 0.15) is 0 Å². The van der Waals surface area contributed by atoms with Gasteiger partial charge in [-0.05, 0) is 18.8 Å². The second kappa shape index (κ2) is 8.96. The van der Waals surface area contributed by atoms with Crippen LogP contribution in [0.4, 0.5) is 4.79 Å². The quantitative estimate of drug-likeness (QED) is 0.377. The predicted molar refractivity (Wildman–Crippen MR) is 56.8 cm³/mol. The van der Waals surface area contributed by atoms with Crippen molar-refractivity contribution in [2.75, 3.05) is 13.2 Å². The van der Waals surface area contributed by atoms with Crippen molar-refractivity contribution < 1.29 is 24.5 Å². The monoisotopic (exact) mass is 233 g/mol. The smallest absolute Gasteiger partial charge is 0.438 e. The summed E-state index contributed by atoms with van der Waals surface area (Å²) in [6.07, 6.45) is 0.928. The first-order valence-electron chi connectivity index (χ1n) is 5.31. The first-order chi connectivity index (χ1) is 7.52. The molecule has 2 N–H and O–H groups in total. The molecule has 0 radical (unpaired) electrons. The van der Waals surface area contributed by atoms with E-state index in [1.54, 1.807) is 0 Å². The molecular formula is C10H19NO5. The fraction of sp³-hybridized carbons (Fsp3) is 0.800. The van der Waals surface area contributed by atoms with Crippen LogP contribution in [0.3, 0.4) is 0 Å². The molecule has 0 aliphatic heterocycles. The molecular weight excluding hydrogens is 214 g/mol. The largest absolute Gasteiger partial charge is 0.481 e. The lowest BCUT2D eigenvalue weighted by Crippen LogP contribution is -2.27. The number of carbonyl (C=O) groups is 2. The first kappa shape index (κ1) is 14.7. The first-order valence-corrected chi connectivity index (χ1v) is 5.31. The van der Waals surface area contributed by atoms with Crippen molar-refractivity contribution >= 4 is 12.1 Å². The summed E-state index contributed by atoms with van der Waals surface area (Å²) in [5.41, 5.74) is 0. The molecule has 0 aromatic rings. The highest BCUT2D eigenvalue weighted by Crippen LogP contribution is 2.03. The Morgan fingerprint density at radius 3 is 2.62 bits per heavy atom. The van der Waals surface area contributed by atoms with Crippen molar-refractivity contribution in [3.63, 3.8) is 0 Å². The fourth-order valence-corrected chi connectivity index (χ4v) is 0.947. The molecule has 0 unspecified atom stereocenters. The summed E-state index contributed by atoms with van der Waals surface area (Å²) in [6, 6.07) is 0. The van der Waals surface area contributed by atoms with E-state index >= 15 is 0 Å². The van der Waals surface area contributed by atoms with Gasteiger partial charge in [-0.2, -0.15) is 4.89 Å². The maximum Gasteiger partial charge on any atom is 0.438 e. The van der Waals surface area contributed by atoms with E-state index in [9.17, 15) is 9.59 Å². The van der Waals surface area contributed by atoms with E-state index in [0.717, 1.165) is 12.8 Å². The maximum absolute atomic E-state index is 10.9. The van der Waals surface area contributed by atoms with Crippen molar-refractivity contribution in [1.82, 2.24) is 5.32 Å². The van der Waals surface area contributed by atoms with Crippen molar-refractivity contribution in [2.24, 2.45) is 5.92 Å². The number of hydrogen-bond acceptors (Lipinski definition) is 4. The summed E-state index contributed by atoms with van der Waals surface area (Å²) in [5, 5.41) is 10.5. The minimum atomic E-state index is -0.974. The number of nitrogens with one attached hydrogen (secondary N) is 1. The number of hydrogen-bond donors (Lipinski definition) is 2. The summed E-state index contributed by atoms with van der Waals surface area (Å²) in [5.74, 6) is -0.383. The number of carboxylic acids is 1. The third kappa shape index (κ3) is 10.8. The molecule has 16 heavy (non-hydrogen) atoms. The van der Waals surface area contributed by atoms with Gasteiger partial charge in [-0.1, -0.05) is 13.8 Å². The second-order valence-electron chi connectivity index (χ2n) is 3.80. The zero-order valence-electron chi connectivity index (χ0n) is 9.69. The summed E-state index contributed by atoms with van der Waals surface area (Å²) in [4.78, 5) is 30.0. The summed E-state index contributed by atoms with van der Waals surface area (Å²) in [7, 11) is 0. The van der Waals surface area contributed by atoms with Crippen LogP contribution in [0.1, 0.15) is 33.1 Å². The van der Waals surface area contributed by atoms with E-state index in [0.29, 0.717) is 12.5 Å². The van der Waals surface area contributed by atoms with Crippen LogP contribution in [0.5, 0.6) is 0 Å². The zero-order valence-corrected chi connectivity index (χ0v) is 9.69. The van der Waals surface area contributed by atoms with Crippen molar-refractivity contribution in [3.05, 3.63) is 0 Å². The molecule has 0 fully saturated rings. The van der Waals surface area contributed by atoms with Gasteiger partial charge in [0.25, 0.3) is 0 Å². The number of rotatable bonds is 8. The van der Waals surface area contributed by atoms with Crippen LogP contribution in [-0.4, -0.2) is 30.3 Å². The zero-order chi connectivity index (χ0) is 12.4. The number of carboxylic acid groups (broad SMARTS) is 1. The average Bonchev–Trinajstić information content (AvgIpc) is 2.16. The van der Waals surface area contributed by atoms with Gasteiger partial charge in [0, 0.05) is 6.54 Å². The van der Waals surface area contributed by atoms with E-state index in [1.807, 2.05) is 0 Å². The highest BCUT2D eigenvalue weighted by Gasteiger charge is 2.04. The summed E-state index contributed by atoms with van der Waals surface area (Å²) in [6.45, 7) is 4.58. The molecule has 0 aliphatic carbocycles. The molecule has 6 nitrogen and oxygen atoms in total. The van der Waals surface area contributed by atoms with Gasteiger partial charge in [-0.3, -0.25) is 9.68 Å². The van der Waals surface area contributed by atoms with Gasteiger partial charge >= 0.3 is 12.1 Å². The molecule has 0 aromatic heterocycles. The van der Waals surface area contributed by atoms with Crippen LogP contribution < -0.4 is 5.32 Å². The Kier molecular flexibility index (Phi) is 8.24. The van der Waals surface area contributed by atoms with E-state index in [-0.39, 0.29) is 13.0 Å². The highest BCUT2D eigenvalue weighted by atomic mass is 17.2. The maximum atomic E-state index is 10.9. The molecule has 0 saturated carbocycles. The Balaban J connectivity index is 3.27. The molecule has 94 valence electrons. The summed E-state index contributed by atoms with van der Waals surface area (Å²) >= 11 is 0. The summed E-state index contributed by atoms with van der Waals surface area (Å²) < 4.78 is 0. The molecule has 0 atom stereocenters. The van der Waals surface area contributed by atoms with E-state index in [2.05, 4.69) is 28.9 Å². The van der Waals surface area contributed by atoms with Gasteiger partial charge < -0.3 is 10.4 Å². The molecule has 0 spiro atoms. The Hall–Kier alpha value is -1.30. The van der Waals surface area contributed by atoms with Gasteiger partial charge in [-0.15, -0.1) is 0 Å². The second-order valence-corrected chi connectivity index (χ2v) is 3.80. The van der Waals surface area contributed by atoms with E-state index in [1.165, 1.54) is 0 Å². The van der Waals surface area contributed by atoms with Gasteiger partial charge in [0.05, 0.1) is 13.0 Å². The molecule has 0 rings (SSSR count). The lowest BCUT2D eigenvalue weighted by molar-refractivity contribution is -0.239. The van der Waals surface area contributed by atoms with Gasteiger partial charge in [0.2, 0.25) is 0 Å². The Bertz CT molecular complexity index is 217.